The van der Waals surface area contributed by atoms with Crippen LogP contribution in [-0.2, 0) is 9.53 Å². The van der Waals surface area contributed by atoms with E-state index in [4.69, 9.17) is 9.47 Å². The molecular formula is C20H20N2O4. The first-order valence-electron chi connectivity index (χ1n) is 8.36. The van der Waals surface area contributed by atoms with Gasteiger partial charge in [0.1, 0.15) is 17.2 Å². The molecule has 0 fully saturated rings. The first-order valence-corrected chi connectivity index (χ1v) is 8.36. The number of carbonyl (C=O) groups excluding carboxylic acids is 2. The second-order valence-electron chi connectivity index (χ2n) is 5.79. The average Bonchev–Trinajstić information content (AvgIpc) is 2.65. The van der Waals surface area contributed by atoms with Gasteiger partial charge in [0.15, 0.2) is 0 Å². The third-order valence-corrected chi connectivity index (χ3v) is 4.01. The smallest absolute Gasteiger partial charge is 0.354 e. The van der Waals surface area contributed by atoms with Crippen molar-refractivity contribution in [2.45, 2.75) is 19.9 Å². The lowest BCUT2D eigenvalue weighted by atomic mass is 9.96. The van der Waals surface area contributed by atoms with E-state index in [0.717, 1.165) is 11.3 Å². The number of para-hydroxylation sites is 1. The van der Waals surface area contributed by atoms with E-state index in [1.165, 1.54) is 0 Å². The third kappa shape index (κ3) is 3.85. The highest BCUT2D eigenvalue weighted by Crippen LogP contribution is 2.29. The Hall–Kier alpha value is -3.28. The molecule has 6 heteroatoms. The van der Waals surface area contributed by atoms with Gasteiger partial charge in [0.05, 0.1) is 12.6 Å². The van der Waals surface area contributed by atoms with Crippen molar-refractivity contribution >= 4 is 12.0 Å². The van der Waals surface area contributed by atoms with Gasteiger partial charge in [-0.2, -0.15) is 0 Å². The van der Waals surface area contributed by atoms with Gasteiger partial charge in [0, 0.05) is 0 Å². The van der Waals surface area contributed by atoms with Crippen molar-refractivity contribution in [3.05, 3.63) is 71.4 Å². The predicted octanol–water partition coefficient (Wildman–Crippen LogP) is 3.67. The minimum Gasteiger partial charge on any atom is -0.461 e. The fraction of sp³-hybridized carbons (Fsp3) is 0.200. The number of hydrogen-bond donors (Lipinski definition) is 2. The lowest BCUT2D eigenvalue weighted by Crippen LogP contribution is -2.45. The van der Waals surface area contributed by atoms with Gasteiger partial charge in [0.25, 0.3) is 0 Å². The Labute approximate surface area is 151 Å². The fourth-order valence-electron chi connectivity index (χ4n) is 2.73. The number of esters is 1. The molecule has 26 heavy (non-hydrogen) atoms. The molecule has 6 nitrogen and oxygen atoms in total. The Bertz CT molecular complexity index is 829. The van der Waals surface area contributed by atoms with Crippen molar-refractivity contribution in [1.29, 1.82) is 0 Å². The summed E-state index contributed by atoms with van der Waals surface area (Å²) < 4.78 is 10.8. The molecule has 1 aliphatic heterocycles. The molecule has 0 radical (unpaired) electrons. The maximum atomic E-state index is 12.0. The van der Waals surface area contributed by atoms with Crippen LogP contribution in [0, 0.1) is 0 Å². The van der Waals surface area contributed by atoms with Gasteiger partial charge in [0.2, 0.25) is 0 Å². The summed E-state index contributed by atoms with van der Waals surface area (Å²) in [5.74, 6) is 0.900. The molecule has 1 aliphatic rings. The van der Waals surface area contributed by atoms with E-state index in [0.29, 0.717) is 11.3 Å². The van der Waals surface area contributed by atoms with Gasteiger partial charge >= 0.3 is 12.0 Å². The number of ether oxygens (including phenoxy) is 2. The molecule has 2 aromatic carbocycles. The lowest BCUT2D eigenvalue weighted by Gasteiger charge is -2.27. The first kappa shape index (κ1) is 17.5. The van der Waals surface area contributed by atoms with Crippen LogP contribution in [0.4, 0.5) is 4.79 Å². The summed E-state index contributed by atoms with van der Waals surface area (Å²) in [6.07, 6.45) is 0. The third-order valence-electron chi connectivity index (χ3n) is 4.01. The van der Waals surface area contributed by atoms with Crippen LogP contribution in [0.3, 0.4) is 0 Å². The SMILES string of the molecule is CCOC(=O)C1=C(C)C(c2ccc(Oc3ccccc3)cc2)NC(=O)N1. The average molecular weight is 352 g/mol. The molecule has 2 N–H and O–H groups in total. The van der Waals surface area contributed by atoms with Gasteiger partial charge in [-0.3, -0.25) is 0 Å². The molecule has 0 spiro atoms. The summed E-state index contributed by atoms with van der Waals surface area (Å²) in [7, 11) is 0. The van der Waals surface area contributed by atoms with E-state index in [1.807, 2.05) is 54.6 Å². The molecule has 1 atom stereocenters. The van der Waals surface area contributed by atoms with Crippen molar-refractivity contribution in [1.82, 2.24) is 10.6 Å². The molecule has 0 saturated heterocycles. The number of hydrogen-bond acceptors (Lipinski definition) is 4. The molecular weight excluding hydrogens is 332 g/mol. The minimum absolute atomic E-state index is 0.185. The van der Waals surface area contributed by atoms with Crippen molar-refractivity contribution < 1.29 is 19.1 Å². The molecule has 0 bridgehead atoms. The molecule has 2 amide bonds. The summed E-state index contributed by atoms with van der Waals surface area (Å²) in [4.78, 5) is 24.0. The Morgan fingerprint density at radius 3 is 2.35 bits per heavy atom. The van der Waals surface area contributed by atoms with Gasteiger partial charge < -0.3 is 20.1 Å². The topological polar surface area (TPSA) is 76.7 Å². The first-order chi connectivity index (χ1) is 12.6. The van der Waals surface area contributed by atoms with Crippen molar-refractivity contribution in [3.63, 3.8) is 0 Å². The maximum Gasteiger partial charge on any atom is 0.354 e. The summed E-state index contributed by atoms with van der Waals surface area (Å²) in [5, 5.41) is 5.35. The Morgan fingerprint density at radius 2 is 1.69 bits per heavy atom. The second-order valence-corrected chi connectivity index (χ2v) is 5.79. The van der Waals surface area contributed by atoms with Crippen molar-refractivity contribution in [2.75, 3.05) is 6.61 Å². The molecule has 0 aromatic heterocycles. The summed E-state index contributed by atoms with van der Waals surface area (Å²) in [6.45, 7) is 3.76. The zero-order valence-electron chi connectivity index (χ0n) is 14.6. The number of amides is 2. The zero-order valence-corrected chi connectivity index (χ0v) is 14.6. The van der Waals surface area contributed by atoms with Crippen LogP contribution in [-0.4, -0.2) is 18.6 Å². The number of benzene rings is 2. The monoisotopic (exact) mass is 352 g/mol. The molecule has 0 aliphatic carbocycles. The highest BCUT2D eigenvalue weighted by molar-refractivity contribution is 5.96. The van der Waals surface area contributed by atoms with Crippen LogP contribution < -0.4 is 15.4 Å². The Balaban J connectivity index is 1.82. The zero-order chi connectivity index (χ0) is 18.5. The van der Waals surface area contributed by atoms with Crippen molar-refractivity contribution in [3.8, 4) is 11.5 Å². The van der Waals surface area contributed by atoms with E-state index in [9.17, 15) is 9.59 Å². The van der Waals surface area contributed by atoms with Gasteiger partial charge in [-0.1, -0.05) is 30.3 Å². The van der Waals surface area contributed by atoms with E-state index in [1.54, 1.807) is 13.8 Å². The second kappa shape index (κ2) is 7.74. The number of carbonyl (C=O) groups is 2. The van der Waals surface area contributed by atoms with E-state index >= 15 is 0 Å². The fourth-order valence-corrected chi connectivity index (χ4v) is 2.73. The molecule has 1 heterocycles. The Morgan fingerprint density at radius 1 is 1.04 bits per heavy atom. The summed E-state index contributed by atoms with van der Waals surface area (Å²) in [5.41, 5.74) is 1.73. The van der Waals surface area contributed by atoms with Crippen LogP contribution in [0.5, 0.6) is 11.5 Å². The van der Waals surface area contributed by atoms with Gasteiger partial charge in [-0.15, -0.1) is 0 Å². The number of nitrogens with one attached hydrogen (secondary N) is 2. The summed E-state index contributed by atoms with van der Waals surface area (Å²) in [6, 6.07) is 16.0. The van der Waals surface area contributed by atoms with Gasteiger partial charge in [-0.25, -0.2) is 9.59 Å². The normalized spacial score (nSPS) is 16.5. The minimum atomic E-state index is -0.533. The highest BCUT2D eigenvalue weighted by Gasteiger charge is 2.29. The number of rotatable bonds is 5. The van der Waals surface area contributed by atoms with Crippen LogP contribution in [0.25, 0.3) is 0 Å². The number of urea groups is 1. The Kier molecular flexibility index (Phi) is 5.22. The van der Waals surface area contributed by atoms with Crippen LogP contribution in [0.1, 0.15) is 25.5 Å². The van der Waals surface area contributed by atoms with Crippen molar-refractivity contribution in [2.24, 2.45) is 0 Å². The van der Waals surface area contributed by atoms with Crippen LogP contribution >= 0.6 is 0 Å². The van der Waals surface area contributed by atoms with Crippen LogP contribution in [0.15, 0.2) is 65.9 Å². The quantitative estimate of drug-likeness (QED) is 0.805. The molecule has 1 unspecified atom stereocenters. The maximum absolute atomic E-state index is 12.0. The molecule has 0 saturated carbocycles. The van der Waals surface area contributed by atoms with E-state index in [2.05, 4.69) is 10.6 Å². The molecule has 3 rings (SSSR count). The lowest BCUT2D eigenvalue weighted by molar-refractivity contribution is -0.139. The summed E-state index contributed by atoms with van der Waals surface area (Å²) >= 11 is 0. The standard InChI is InChI=1S/C20H20N2O4/c1-3-25-19(23)18-13(2)17(21-20(24)22-18)14-9-11-16(12-10-14)26-15-7-5-4-6-8-15/h4-12,17H,3H2,1-2H3,(H2,21,22,24). The van der Waals surface area contributed by atoms with E-state index in [-0.39, 0.29) is 12.3 Å². The molecule has 2 aromatic rings. The highest BCUT2D eigenvalue weighted by atomic mass is 16.5. The molecule has 134 valence electrons. The van der Waals surface area contributed by atoms with E-state index < -0.39 is 18.0 Å². The van der Waals surface area contributed by atoms with Gasteiger partial charge in [-0.05, 0) is 49.2 Å². The largest absolute Gasteiger partial charge is 0.461 e. The van der Waals surface area contributed by atoms with Crippen LogP contribution in [0.2, 0.25) is 0 Å². The predicted molar refractivity (Wildman–Crippen MR) is 96.7 cm³/mol.